The molecule has 0 bridgehead atoms. The molecular formula is C22H28N2O8S. The second-order valence-electron chi connectivity index (χ2n) is 8.13. The third kappa shape index (κ3) is 6.29. The highest BCUT2D eigenvalue weighted by molar-refractivity contribution is 7.87. The molecule has 0 spiro atoms. The molecule has 1 amide bonds. The Balaban J connectivity index is 1.94. The molecule has 1 unspecified atom stereocenters. The van der Waals surface area contributed by atoms with E-state index in [1.54, 1.807) is 36.4 Å². The molecule has 1 aromatic heterocycles. The zero-order valence-corrected chi connectivity index (χ0v) is 19.1. The van der Waals surface area contributed by atoms with Crippen molar-refractivity contribution in [2.24, 2.45) is 5.92 Å². The lowest BCUT2D eigenvalue weighted by molar-refractivity contribution is 0.0968. The van der Waals surface area contributed by atoms with Crippen molar-refractivity contribution in [3.63, 3.8) is 0 Å². The summed E-state index contributed by atoms with van der Waals surface area (Å²) in [6, 6.07) is 11.7. The van der Waals surface area contributed by atoms with Crippen LogP contribution in [0.1, 0.15) is 19.4 Å². The molecule has 10 nitrogen and oxygen atoms in total. The number of hydrogen-bond acceptors (Lipinski definition) is 6. The standard InChI is InChI=1S/C22H28N2O8S/c1-14(2)12-24(33(29,30)22-31-19-5-3-4-6-20(19)32-22)13-18(26)17(23-21(27)28)11-15-7-9-16(25)10-8-15/h3-10,14,17-18,23,25-26H,11-13H2,1-2H3,(H,27,28)(H,29,30)/t17-,18+/m0/s1. The topological polar surface area (TPSA) is 157 Å². The number of rotatable bonds is 9. The van der Waals surface area contributed by atoms with E-state index in [0.29, 0.717) is 16.7 Å². The minimum absolute atomic E-state index is 0.0553. The van der Waals surface area contributed by atoms with E-state index in [-0.39, 0.29) is 31.2 Å². The average Bonchev–Trinajstić information content (AvgIpc) is 3.19. The molecule has 3 aromatic rings. The van der Waals surface area contributed by atoms with E-state index in [2.05, 4.69) is 5.32 Å². The minimum Gasteiger partial charge on any atom is -0.508 e. The fourth-order valence-electron chi connectivity index (χ4n) is 3.38. The third-order valence-corrected chi connectivity index (χ3v) is 6.53. The number of carbonyl (C=O) groups is 1. The maximum atomic E-state index is 13.4. The van der Waals surface area contributed by atoms with Gasteiger partial charge in [-0.2, -0.15) is 0 Å². The second-order valence-corrected chi connectivity index (χ2v) is 9.98. The first-order chi connectivity index (χ1) is 15.6. The number of benzene rings is 2. The van der Waals surface area contributed by atoms with Crippen molar-refractivity contribution in [3.8, 4) is 5.75 Å². The van der Waals surface area contributed by atoms with Crippen LogP contribution in [-0.4, -0.2) is 59.7 Å². The number of aliphatic hydroxyl groups is 1. The van der Waals surface area contributed by atoms with Crippen LogP contribution in [0.15, 0.2) is 57.4 Å². The van der Waals surface area contributed by atoms with Crippen molar-refractivity contribution in [2.75, 3.05) is 13.1 Å². The highest BCUT2D eigenvalue weighted by Gasteiger charge is 2.30. The molecule has 0 aliphatic rings. The van der Waals surface area contributed by atoms with Crippen LogP contribution in [-0.2, 0) is 16.4 Å². The quantitative estimate of drug-likeness (QED) is 0.292. The number of nitrogens with zero attached hydrogens (tertiary/aromatic N) is 1. The van der Waals surface area contributed by atoms with Gasteiger partial charge in [-0.25, -0.2) is 13.3 Å². The van der Waals surface area contributed by atoms with Crippen molar-refractivity contribution < 1.29 is 37.7 Å². The monoisotopic (exact) mass is 480 g/mol. The summed E-state index contributed by atoms with van der Waals surface area (Å²) >= 11 is 0. The number of hydrogen-bond donors (Lipinski definition) is 5. The van der Waals surface area contributed by atoms with E-state index >= 15 is 0 Å². The van der Waals surface area contributed by atoms with Crippen LogP contribution < -0.4 is 5.32 Å². The number of carboxylic acid groups (broad SMARTS) is 1. The van der Waals surface area contributed by atoms with Gasteiger partial charge in [-0.1, -0.05) is 38.1 Å². The van der Waals surface area contributed by atoms with Gasteiger partial charge in [0.05, 0.1) is 12.1 Å². The molecule has 0 fully saturated rings. The van der Waals surface area contributed by atoms with Crippen molar-refractivity contribution in [2.45, 2.75) is 32.4 Å². The fourth-order valence-corrected chi connectivity index (χ4v) is 4.84. The molecule has 0 aliphatic heterocycles. The summed E-state index contributed by atoms with van der Waals surface area (Å²) in [7, 11) is -4.01. The maximum Gasteiger partial charge on any atom is 0.404 e. The van der Waals surface area contributed by atoms with Crippen LogP contribution >= 0.6 is 0 Å². The van der Waals surface area contributed by atoms with Crippen LogP contribution in [0, 0.1) is 10.8 Å². The molecule has 3 atom stereocenters. The predicted molar refractivity (Wildman–Crippen MR) is 122 cm³/mol. The number of aliphatic hydroxyl groups excluding tert-OH is 1. The Morgan fingerprint density at radius 3 is 2.15 bits per heavy atom. The van der Waals surface area contributed by atoms with Crippen molar-refractivity contribution >= 4 is 27.2 Å². The van der Waals surface area contributed by atoms with E-state index in [0.717, 1.165) is 4.31 Å². The van der Waals surface area contributed by atoms with E-state index in [4.69, 9.17) is 8.83 Å². The Morgan fingerprint density at radius 2 is 1.64 bits per heavy atom. The summed E-state index contributed by atoms with van der Waals surface area (Å²) in [5, 5.41) is 31.9. The summed E-state index contributed by atoms with van der Waals surface area (Å²) < 4.78 is 36.4. The van der Waals surface area contributed by atoms with Gasteiger partial charge >= 0.3 is 11.0 Å². The zero-order chi connectivity index (χ0) is 24.2. The first-order valence-electron chi connectivity index (χ1n) is 10.3. The molecular weight excluding hydrogens is 452 g/mol. The molecule has 0 radical (unpaired) electrons. The maximum absolute atomic E-state index is 13.4. The van der Waals surface area contributed by atoms with Gasteiger partial charge in [0.1, 0.15) is 5.75 Å². The molecule has 11 heteroatoms. The Bertz CT molecular complexity index is 1210. The van der Waals surface area contributed by atoms with Crippen molar-refractivity contribution in [1.29, 1.82) is 0 Å². The number of para-hydroxylation sites is 2. The highest BCUT2D eigenvalue weighted by atomic mass is 32.2. The number of nitrogens with one attached hydrogen (secondary N) is 1. The number of phenolic OH excluding ortho intramolecular Hbond substituents is 1. The Hall–Kier alpha value is -2.99. The molecule has 0 saturated carbocycles. The third-order valence-electron chi connectivity index (χ3n) is 4.93. The molecule has 3 rings (SSSR count). The van der Waals surface area contributed by atoms with E-state index in [1.807, 2.05) is 13.8 Å². The molecule has 2 aromatic carbocycles. The molecule has 180 valence electrons. The van der Waals surface area contributed by atoms with Crippen LogP contribution in [0.3, 0.4) is 0 Å². The summed E-state index contributed by atoms with van der Waals surface area (Å²) in [6.45, 7) is 3.46. The van der Waals surface area contributed by atoms with Gasteiger partial charge in [0.15, 0.2) is 11.2 Å². The fraction of sp³-hybridized carbons (Fsp3) is 0.364. The average molecular weight is 481 g/mol. The van der Waals surface area contributed by atoms with Crippen molar-refractivity contribution in [3.05, 3.63) is 59.0 Å². The number of aromatic hydroxyl groups is 1. The lowest BCUT2D eigenvalue weighted by atomic mass is 10.0. The van der Waals surface area contributed by atoms with Gasteiger partial charge in [-0.15, -0.1) is 0 Å². The molecule has 33 heavy (non-hydrogen) atoms. The number of phenols is 1. The number of fused-ring (bicyclic) bond motifs is 1. The van der Waals surface area contributed by atoms with E-state index in [1.165, 1.54) is 12.1 Å². The first-order valence-corrected chi connectivity index (χ1v) is 11.8. The second kappa shape index (κ2) is 10.3. The Labute approximate surface area is 191 Å². The first kappa shape index (κ1) is 24.6. The summed E-state index contributed by atoms with van der Waals surface area (Å²) in [4.78, 5) is 10.8. The van der Waals surface area contributed by atoms with Gasteiger partial charge in [0.2, 0.25) is 9.99 Å². The molecule has 5 N–H and O–H groups in total. The predicted octanol–water partition coefficient (Wildman–Crippen LogP) is 3.13. The SMILES string of the molecule is CC(C)CN(C[C@@H](O)[C@H](Cc1ccc(O)cc1)NC(=O)O)S(=O)(O)=c1oc2ccccc2o1. The van der Waals surface area contributed by atoms with Gasteiger partial charge in [0.25, 0.3) is 0 Å². The van der Waals surface area contributed by atoms with Gasteiger partial charge in [0, 0.05) is 13.1 Å². The highest BCUT2D eigenvalue weighted by Crippen LogP contribution is 2.20. The van der Waals surface area contributed by atoms with Crippen LogP contribution in [0.4, 0.5) is 4.79 Å². The lowest BCUT2D eigenvalue weighted by Gasteiger charge is -2.29. The van der Waals surface area contributed by atoms with Crippen molar-refractivity contribution in [1.82, 2.24) is 9.62 Å². The van der Waals surface area contributed by atoms with Crippen LogP contribution in [0.2, 0.25) is 0 Å². The minimum atomic E-state index is -4.01. The Morgan fingerprint density at radius 1 is 1.06 bits per heavy atom. The van der Waals surface area contributed by atoms with Gasteiger partial charge in [-0.3, -0.25) is 4.55 Å². The molecule has 0 saturated heterocycles. The summed E-state index contributed by atoms with van der Waals surface area (Å²) in [5.74, 6) is -0.00251. The van der Waals surface area contributed by atoms with E-state index < -0.39 is 33.1 Å². The zero-order valence-electron chi connectivity index (χ0n) is 18.2. The summed E-state index contributed by atoms with van der Waals surface area (Å²) in [5.41, 5.74) is 1.27. The van der Waals surface area contributed by atoms with Gasteiger partial charge < -0.3 is 29.5 Å². The van der Waals surface area contributed by atoms with Crippen LogP contribution in [0.5, 0.6) is 5.75 Å². The number of amides is 1. The normalized spacial score (nSPS) is 15.5. The molecule has 0 aliphatic carbocycles. The molecule has 1 heterocycles. The largest absolute Gasteiger partial charge is 0.508 e. The lowest BCUT2D eigenvalue weighted by Crippen LogP contribution is -2.50. The Kier molecular flexibility index (Phi) is 7.69. The van der Waals surface area contributed by atoms with Gasteiger partial charge in [-0.05, 0) is 42.2 Å². The summed E-state index contributed by atoms with van der Waals surface area (Å²) in [6.07, 6.45) is -2.58. The van der Waals surface area contributed by atoms with E-state index in [9.17, 15) is 28.9 Å². The smallest absolute Gasteiger partial charge is 0.404 e. The van der Waals surface area contributed by atoms with Crippen LogP contribution in [0.25, 0.3) is 11.2 Å².